The van der Waals surface area contributed by atoms with Crippen LogP contribution >= 0.6 is 0 Å². The van der Waals surface area contributed by atoms with Gasteiger partial charge in [-0.1, -0.05) is 13.3 Å². The van der Waals surface area contributed by atoms with Gasteiger partial charge in [0.15, 0.2) is 0 Å². The van der Waals surface area contributed by atoms with E-state index in [4.69, 9.17) is 5.11 Å². The highest BCUT2D eigenvalue weighted by Gasteiger charge is 2.40. The van der Waals surface area contributed by atoms with Crippen LogP contribution in [0.1, 0.15) is 52.9 Å². The fourth-order valence-corrected chi connectivity index (χ4v) is 2.75. The van der Waals surface area contributed by atoms with E-state index in [-0.39, 0.29) is 23.5 Å². The summed E-state index contributed by atoms with van der Waals surface area (Å²) in [5, 5.41) is 15.5. The zero-order chi connectivity index (χ0) is 13.6. The van der Waals surface area contributed by atoms with Crippen LogP contribution in [-0.2, 0) is 4.79 Å². The minimum absolute atomic E-state index is 0.103. The first-order valence-corrected chi connectivity index (χ1v) is 7.10. The zero-order valence-electron chi connectivity index (χ0n) is 12.0. The summed E-state index contributed by atoms with van der Waals surface area (Å²) in [6.45, 7) is 7.96. The summed E-state index contributed by atoms with van der Waals surface area (Å²) in [6, 6.07) is 0. The zero-order valence-corrected chi connectivity index (χ0v) is 12.0. The number of amides is 1. The first kappa shape index (κ1) is 15.4. The molecule has 4 nitrogen and oxygen atoms in total. The van der Waals surface area contributed by atoms with E-state index >= 15 is 0 Å². The second-order valence-electron chi connectivity index (χ2n) is 6.12. The normalized spacial score (nSPS) is 24.9. The molecule has 0 bridgehead atoms. The lowest BCUT2D eigenvalue weighted by Gasteiger charge is -2.39. The van der Waals surface area contributed by atoms with Crippen LogP contribution in [0.25, 0.3) is 0 Å². The summed E-state index contributed by atoms with van der Waals surface area (Å²) in [5.74, 6) is 0.148. The Balaban J connectivity index is 2.70. The van der Waals surface area contributed by atoms with Crippen LogP contribution in [0.15, 0.2) is 0 Å². The summed E-state index contributed by atoms with van der Waals surface area (Å²) in [4.78, 5) is 12.6. The van der Waals surface area contributed by atoms with Gasteiger partial charge in [0.05, 0.1) is 5.41 Å². The first-order valence-electron chi connectivity index (χ1n) is 7.10. The van der Waals surface area contributed by atoms with Crippen molar-refractivity contribution in [1.82, 2.24) is 10.6 Å². The number of aliphatic hydroxyl groups excluding tert-OH is 1. The molecule has 0 saturated carbocycles. The lowest BCUT2D eigenvalue weighted by molar-refractivity contribution is -0.134. The Labute approximate surface area is 111 Å². The van der Waals surface area contributed by atoms with Gasteiger partial charge in [0, 0.05) is 18.7 Å². The Morgan fingerprint density at radius 2 is 2.22 bits per heavy atom. The van der Waals surface area contributed by atoms with E-state index in [9.17, 15) is 4.79 Å². The van der Waals surface area contributed by atoms with Gasteiger partial charge in [0.1, 0.15) is 0 Å². The van der Waals surface area contributed by atoms with Gasteiger partial charge in [-0.25, -0.2) is 0 Å². The first-order chi connectivity index (χ1) is 8.46. The summed E-state index contributed by atoms with van der Waals surface area (Å²) in [7, 11) is 0. The second kappa shape index (κ2) is 6.53. The van der Waals surface area contributed by atoms with Gasteiger partial charge < -0.3 is 15.7 Å². The van der Waals surface area contributed by atoms with Crippen LogP contribution in [0.4, 0.5) is 0 Å². The fourth-order valence-electron chi connectivity index (χ4n) is 2.75. The Bertz CT molecular complexity index is 265. The van der Waals surface area contributed by atoms with Crippen LogP contribution in [0.3, 0.4) is 0 Å². The third kappa shape index (κ3) is 3.95. The van der Waals surface area contributed by atoms with E-state index in [0.29, 0.717) is 6.42 Å². The smallest absolute Gasteiger partial charge is 0.227 e. The predicted molar refractivity (Wildman–Crippen MR) is 73.4 cm³/mol. The van der Waals surface area contributed by atoms with E-state index in [1.165, 1.54) is 0 Å². The SMILES string of the molecule is CCCC1(C(=O)NC(C)(C)CCO)CCCNC1. The summed E-state index contributed by atoms with van der Waals surface area (Å²) >= 11 is 0. The molecule has 18 heavy (non-hydrogen) atoms. The highest BCUT2D eigenvalue weighted by atomic mass is 16.3. The number of rotatable bonds is 6. The van der Waals surface area contributed by atoms with Crippen molar-refractivity contribution in [3.05, 3.63) is 0 Å². The molecule has 1 amide bonds. The summed E-state index contributed by atoms with van der Waals surface area (Å²) in [6.07, 6.45) is 4.58. The van der Waals surface area contributed by atoms with Crippen LogP contribution in [0, 0.1) is 5.41 Å². The van der Waals surface area contributed by atoms with Gasteiger partial charge in [-0.2, -0.15) is 0 Å². The molecular formula is C14H28N2O2. The van der Waals surface area contributed by atoms with Gasteiger partial charge in [-0.15, -0.1) is 0 Å². The van der Waals surface area contributed by atoms with Crippen molar-refractivity contribution in [3.63, 3.8) is 0 Å². The largest absolute Gasteiger partial charge is 0.396 e. The molecule has 1 saturated heterocycles. The van der Waals surface area contributed by atoms with Crippen molar-refractivity contribution >= 4 is 5.91 Å². The van der Waals surface area contributed by atoms with Gasteiger partial charge in [-0.3, -0.25) is 4.79 Å². The number of hydrogen-bond donors (Lipinski definition) is 3. The highest BCUT2D eigenvalue weighted by Crippen LogP contribution is 2.32. The van der Waals surface area contributed by atoms with E-state index in [0.717, 1.165) is 38.8 Å². The molecule has 3 N–H and O–H groups in total. The Kier molecular flexibility index (Phi) is 5.60. The van der Waals surface area contributed by atoms with Crippen molar-refractivity contribution in [2.75, 3.05) is 19.7 Å². The standard InChI is InChI=1S/C14H28N2O2/c1-4-6-14(7-5-9-15-11-14)12(18)16-13(2,3)8-10-17/h15,17H,4-11H2,1-3H3,(H,16,18). The molecule has 1 fully saturated rings. The lowest BCUT2D eigenvalue weighted by atomic mass is 9.75. The third-order valence-electron chi connectivity index (χ3n) is 3.87. The molecule has 1 rings (SSSR count). The Hall–Kier alpha value is -0.610. The topological polar surface area (TPSA) is 61.4 Å². The van der Waals surface area contributed by atoms with Gasteiger partial charge in [0.2, 0.25) is 5.91 Å². The maximum atomic E-state index is 12.6. The van der Waals surface area contributed by atoms with E-state index in [1.54, 1.807) is 0 Å². The van der Waals surface area contributed by atoms with Crippen LogP contribution in [0.2, 0.25) is 0 Å². The molecule has 4 heteroatoms. The number of carbonyl (C=O) groups excluding carboxylic acids is 1. The number of hydrogen-bond acceptors (Lipinski definition) is 3. The molecule has 1 heterocycles. The third-order valence-corrected chi connectivity index (χ3v) is 3.87. The number of nitrogens with one attached hydrogen (secondary N) is 2. The maximum absolute atomic E-state index is 12.6. The molecular weight excluding hydrogens is 228 g/mol. The van der Waals surface area contributed by atoms with Crippen LogP contribution in [0.5, 0.6) is 0 Å². The fraction of sp³-hybridized carbons (Fsp3) is 0.929. The molecule has 1 aliphatic heterocycles. The molecule has 0 aromatic heterocycles. The molecule has 1 atom stereocenters. The quantitative estimate of drug-likeness (QED) is 0.674. The minimum Gasteiger partial charge on any atom is -0.396 e. The van der Waals surface area contributed by atoms with Crippen LogP contribution < -0.4 is 10.6 Å². The van der Waals surface area contributed by atoms with E-state index in [2.05, 4.69) is 17.6 Å². The summed E-state index contributed by atoms with van der Waals surface area (Å²) in [5.41, 5.74) is -0.580. The van der Waals surface area contributed by atoms with Crippen molar-refractivity contribution in [3.8, 4) is 0 Å². The highest BCUT2D eigenvalue weighted by molar-refractivity contribution is 5.83. The number of carbonyl (C=O) groups is 1. The average Bonchev–Trinajstić information content (AvgIpc) is 2.29. The molecule has 0 aliphatic carbocycles. The second-order valence-corrected chi connectivity index (χ2v) is 6.12. The van der Waals surface area contributed by atoms with Crippen molar-refractivity contribution in [1.29, 1.82) is 0 Å². The summed E-state index contributed by atoms with van der Waals surface area (Å²) < 4.78 is 0. The van der Waals surface area contributed by atoms with Crippen LogP contribution in [-0.4, -0.2) is 36.2 Å². The molecule has 106 valence electrons. The number of piperidine rings is 1. The molecule has 0 radical (unpaired) electrons. The Morgan fingerprint density at radius 3 is 2.72 bits per heavy atom. The Morgan fingerprint density at radius 1 is 1.50 bits per heavy atom. The minimum atomic E-state index is -0.329. The lowest BCUT2D eigenvalue weighted by Crippen LogP contribution is -2.55. The maximum Gasteiger partial charge on any atom is 0.227 e. The van der Waals surface area contributed by atoms with Crippen molar-refractivity contribution in [2.24, 2.45) is 5.41 Å². The van der Waals surface area contributed by atoms with Gasteiger partial charge in [0.25, 0.3) is 0 Å². The van der Waals surface area contributed by atoms with E-state index in [1.807, 2.05) is 13.8 Å². The predicted octanol–water partition coefficient (Wildman–Crippen LogP) is 1.43. The molecule has 1 aliphatic rings. The molecule has 0 aromatic rings. The van der Waals surface area contributed by atoms with Gasteiger partial charge >= 0.3 is 0 Å². The van der Waals surface area contributed by atoms with Crippen molar-refractivity contribution < 1.29 is 9.90 Å². The van der Waals surface area contributed by atoms with E-state index < -0.39 is 0 Å². The molecule has 1 unspecified atom stereocenters. The monoisotopic (exact) mass is 256 g/mol. The van der Waals surface area contributed by atoms with Crippen molar-refractivity contribution in [2.45, 2.75) is 58.4 Å². The van der Waals surface area contributed by atoms with Gasteiger partial charge in [-0.05, 0) is 46.1 Å². The molecule has 0 spiro atoms. The number of aliphatic hydroxyl groups is 1. The average molecular weight is 256 g/mol. The molecule has 0 aromatic carbocycles.